The van der Waals surface area contributed by atoms with E-state index in [2.05, 4.69) is 18.3 Å². The molecule has 0 saturated heterocycles. The molecule has 0 spiro atoms. The van der Waals surface area contributed by atoms with Gasteiger partial charge >= 0.3 is 0 Å². The fourth-order valence-corrected chi connectivity index (χ4v) is 2.31. The smallest absolute Gasteiger partial charge is 0.0484 e. The maximum absolute atomic E-state index is 6.28. The Morgan fingerprint density at radius 2 is 1.78 bits per heavy atom. The average Bonchev–Trinajstić information content (AvgIpc) is 2.38. The summed E-state index contributed by atoms with van der Waals surface area (Å²) < 4.78 is 0. The highest BCUT2D eigenvalue weighted by Gasteiger charge is 2.06. The minimum Gasteiger partial charge on any atom is -0.313 e. The van der Waals surface area contributed by atoms with Gasteiger partial charge in [-0.3, -0.25) is 0 Å². The van der Waals surface area contributed by atoms with E-state index in [1.807, 2.05) is 36.4 Å². The molecule has 0 aliphatic carbocycles. The summed E-state index contributed by atoms with van der Waals surface area (Å²) >= 11 is 12.5. The minimum atomic E-state index is 0.744. The zero-order chi connectivity index (χ0) is 13.0. The molecule has 0 heterocycles. The molecule has 2 aromatic carbocycles. The third-order valence-corrected chi connectivity index (χ3v) is 3.48. The van der Waals surface area contributed by atoms with E-state index in [0.717, 1.165) is 39.8 Å². The van der Waals surface area contributed by atoms with Gasteiger partial charge in [0, 0.05) is 22.2 Å². The van der Waals surface area contributed by atoms with Crippen molar-refractivity contribution in [2.75, 3.05) is 6.54 Å². The van der Waals surface area contributed by atoms with Gasteiger partial charge in [-0.1, -0.05) is 60.5 Å². The van der Waals surface area contributed by atoms with Gasteiger partial charge in [-0.25, -0.2) is 0 Å². The van der Waals surface area contributed by atoms with E-state index in [9.17, 15) is 0 Å². The van der Waals surface area contributed by atoms with Crippen LogP contribution in [0.1, 0.15) is 12.5 Å². The monoisotopic (exact) mass is 279 g/mol. The Bertz CT molecular complexity index is 538. The van der Waals surface area contributed by atoms with E-state index in [1.54, 1.807) is 0 Å². The number of hydrogen-bond donors (Lipinski definition) is 1. The Morgan fingerprint density at radius 1 is 1.00 bits per heavy atom. The molecule has 2 aromatic rings. The van der Waals surface area contributed by atoms with Crippen molar-refractivity contribution in [1.82, 2.24) is 5.32 Å². The molecule has 2 rings (SSSR count). The zero-order valence-corrected chi connectivity index (χ0v) is 11.7. The van der Waals surface area contributed by atoms with Crippen LogP contribution in [0.15, 0.2) is 42.5 Å². The third-order valence-electron chi connectivity index (χ3n) is 2.80. The summed E-state index contributed by atoms with van der Waals surface area (Å²) in [5.74, 6) is 0. The van der Waals surface area contributed by atoms with Gasteiger partial charge in [0.05, 0.1) is 0 Å². The van der Waals surface area contributed by atoms with Crippen LogP contribution >= 0.6 is 23.2 Å². The van der Waals surface area contributed by atoms with Gasteiger partial charge in [0.15, 0.2) is 0 Å². The Hall–Kier alpha value is -1.02. The van der Waals surface area contributed by atoms with Gasteiger partial charge in [-0.05, 0) is 29.8 Å². The Balaban J connectivity index is 2.32. The van der Waals surface area contributed by atoms with Crippen LogP contribution in [0.5, 0.6) is 0 Å². The van der Waals surface area contributed by atoms with Crippen LogP contribution < -0.4 is 5.32 Å². The molecule has 0 atom stereocenters. The molecule has 18 heavy (non-hydrogen) atoms. The van der Waals surface area contributed by atoms with Crippen LogP contribution in [0.25, 0.3) is 11.1 Å². The summed E-state index contributed by atoms with van der Waals surface area (Å²) in [6.45, 7) is 3.80. The molecule has 0 aliphatic rings. The second-order valence-corrected chi connectivity index (χ2v) is 4.88. The molecule has 94 valence electrons. The molecule has 0 unspecified atom stereocenters. The van der Waals surface area contributed by atoms with Crippen LogP contribution in [0.4, 0.5) is 0 Å². The molecular weight excluding hydrogens is 265 g/mol. The van der Waals surface area contributed by atoms with Crippen molar-refractivity contribution in [1.29, 1.82) is 0 Å². The molecule has 0 amide bonds. The first kappa shape index (κ1) is 13.4. The van der Waals surface area contributed by atoms with Crippen molar-refractivity contribution >= 4 is 23.2 Å². The van der Waals surface area contributed by atoms with Crippen molar-refractivity contribution < 1.29 is 0 Å². The second kappa shape index (κ2) is 6.24. The average molecular weight is 280 g/mol. The molecule has 0 aliphatic heterocycles. The molecule has 0 saturated carbocycles. The SMILES string of the molecule is CCNCc1ccc(-c2ccccc2Cl)cc1Cl. The van der Waals surface area contributed by atoms with Crippen molar-refractivity contribution in [3.8, 4) is 11.1 Å². The number of nitrogens with one attached hydrogen (secondary N) is 1. The molecule has 0 radical (unpaired) electrons. The lowest BCUT2D eigenvalue weighted by Crippen LogP contribution is -2.11. The molecule has 1 nitrogen and oxygen atoms in total. The predicted octanol–water partition coefficient (Wildman–Crippen LogP) is 4.77. The standard InChI is InChI=1S/C15H15Cl2N/c1-2-18-10-12-8-7-11(9-15(12)17)13-5-3-4-6-14(13)16/h3-9,18H,2,10H2,1H3. The van der Waals surface area contributed by atoms with Crippen LogP contribution in [0.3, 0.4) is 0 Å². The Morgan fingerprint density at radius 3 is 2.44 bits per heavy atom. The summed E-state index contributed by atoms with van der Waals surface area (Å²) in [6.07, 6.45) is 0. The molecule has 0 fully saturated rings. The number of benzene rings is 2. The number of rotatable bonds is 4. The van der Waals surface area contributed by atoms with Crippen molar-refractivity contribution in [2.45, 2.75) is 13.5 Å². The van der Waals surface area contributed by atoms with Gasteiger partial charge in [-0.15, -0.1) is 0 Å². The van der Waals surface area contributed by atoms with E-state index in [1.165, 1.54) is 0 Å². The second-order valence-electron chi connectivity index (χ2n) is 4.07. The van der Waals surface area contributed by atoms with E-state index in [-0.39, 0.29) is 0 Å². The highest BCUT2D eigenvalue weighted by atomic mass is 35.5. The van der Waals surface area contributed by atoms with Crippen LogP contribution in [0, 0.1) is 0 Å². The lowest BCUT2D eigenvalue weighted by atomic mass is 10.0. The number of hydrogen-bond acceptors (Lipinski definition) is 1. The van der Waals surface area contributed by atoms with Crippen LogP contribution in [-0.2, 0) is 6.54 Å². The highest BCUT2D eigenvalue weighted by molar-refractivity contribution is 6.34. The van der Waals surface area contributed by atoms with Gasteiger partial charge in [0.25, 0.3) is 0 Å². The molecule has 0 bridgehead atoms. The lowest BCUT2D eigenvalue weighted by Gasteiger charge is -2.09. The molecular formula is C15H15Cl2N. The minimum absolute atomic E-state index is 0.744. The van der Waals surface area contributed by atoms with Crippen LogP contribution in [0.2, 0.25) is 10.0 Å². The summed E-state index contributed by atoms with van der Waals surface area (Å²) in [7, 11) is 0. The van der Waals surface area contributed by atoms with Crippen molar-refractivity contribution in [3.63, 3.8) is 0 Å². The fourth-order valence-electron chi connectivity index (χ4n) is 1.81. The van der Waals surface area contributed by atoms with E-state index in [4.69, 9.17) is 23.2 Å². The summed E-state index contributed by atoms with van der Waals surface area (Å²) in [5, 5.41) is 4.78. The topological polar surface area (TPSA) is 12.0 Å². The summed E-state index contributed by atoms with van der Waals surface area (Å²) in [4.78, 5) is 0. The maximum Gasteiger partial charge on any atom is 0.0484 e. The highest BCUT2D eigenvalue weighted by Crippen LogP contribution is 2.30. The van der Waals surface area contributed by atoms with Crippen LogP contribution in [-0.4, -0.2) is 6.54 Å². The predicted molar refractivity (Wildman–Crippen MR) is 79.3 cm³/mol. The first-order valence-corrected chi connectivity index (χ1v) is 6.72. The van der Waals surface area contributed by atoms with Gasteiger partial charge in [0.2, 0.25) is 0 Å². The van der Waals surface area contributed by atoms with Gasteiger partial charge in [0.1, 0.15) is 0 Å². The normalized spacial score (nSPS) is 10.6. The van der Waals surface area contributed by atoms with Gasteiger partial charge < -0.3 is 5.32 Å². The van der Waals surface area contributed by atoms with Crippen molar-refractivity contribution in [2.24, 2.45) is 0 Å². The quantitative estimate of drug-likeness (QED) is 0.850. The summed E-state index contributed by atoms with van der Waals surface area (Å²) in [6, 6.07) is 13.9. The zero-order valence-electron chi connectivity index (χ0n) is 10.2. The van der Waals surface area contributed by atoms with E-state index >= 15 is 0 Å². The van der Waals surface area contributed by atoms with Crippen molar-refractivity contribution in [3.05, 3.63) is 58.1 Å². The first-order chi connectivity index (χ1) is 8.72. The third kappa shape index (κ3) is 3.05. The van der Waals surface area contributed by atoms with E-state index < -0.39 is 0 Å². The van der Waals surface area contributed by atoms with E-state index in [0.29, 0.717) is 0 Å². The Labute approximate surface area is 118 Å². The molecule has 0 aromatic heterocycles. The first-order valence-electron chi connectivity index (χ1n) is 5.96. The lowest BCUT2D eigenvalue weighted by molar-refractivity contribution is 0.727. The largest absolute Gasteiger partial charge is 0.313 e. The molecule has 1 N–H and O–H groups in total. The summed E-state index contributed by atoms with van der Waals surface area (Å²) in [5.41, 5.74) is 3.16. The fraction of sp³-hybridized carbons (Fsp3) is 0.200. The Kier molecular flexibility index (Phi) is 4.65. The molecule has 3 heteroatoms. The van der Waals surface area contributed by atoms with Gasteiger partial charge in [-0.2, -0.15) is 0 Å². The maximum atomic E-state index is 6.28. The number of halogens is 2.